The van der Waals surface area contributed by atoms with Gasteiger partial charge in [0.05, 0.1) is 0 Å². The maximum absolute atomic E-state index is 11.2. The number of carboxylic acid groups (broad SMARTS) is 1. The van der Waals surface area contributed by atoms with Crippen LogP contribution in [0.2, 0.25) is 0 Å². The van der Waals surface area contributed by atoms with Crippen molar-refractivity contribution in [2.45, 2.75) is 20.0 Å². The molecule has 0 aliphatic heterocycles. The van der Waals surface area contributed by atoms with E-state index in [0.29, 0.717) is 18.8 Å². The summed E-state index contributed by atoms with van der Waals surface area (Å²) in [6.45, 7) is 2.26. The molecule has 0 atom stereocenters. The Bertz CT molecular complexity index is 720. The van der Waals surface area contributed by atoms with Gasteiger partial charge in [-0.05, 0) is 23.6 Å². The molecule has 5 nitrogen and oxygen atoms in total. The lowest BCUT2D eigenvalue weighted by Gasteiger charge is -2.12. The summed E-state index contributed by atoms with van der Waals surface area (Å²) in [6.07, 6.45) is 0.677. The van der Waals surface area contributed by atoms with Crippen LogP contribution in [0.5, 0.6) is 5.75 Å². The molecule has 0 amide bonds. The molecule has 0 aromatic heterocycles. The van der Waals surface area contributed by atoms with Gasteiger partial charge in [-0.3, -0.25) is 0 Å². The number of ether oxygens (including phenoxy) is 1. The molecular formula is C17H16N2O3. The summed E-state index contributed by atoms with van der Waals surface area (Å²) in [7, 11) is 0. The Morgan fingerprint density at radius 2 is 1.91 bits per heavy atom. The van der Waals surface area contributed by atoms with Crippen LogP contribution in [-0.2, 0) is 17.8 Å². The molecule has 0 saturated carbocycles. The van der Waals surface area contributed by atoms with Crippen LogP contribution in [-0.4, -0.2) is 21.6 Å². The summed E-state index contributed by atoms with van der Waals surface area (Å²) in [4.78, 5) is 14.1. The predicted octanol–water partition coefficient (Wildman–Crippen LogP) is 2.93. The molecule has 0 saturated heterocycles. The first-order chi connectivity index (χ1) is 10.7. The zero-order valence-electron chi connectivity index (χ0n) is 12.2. The topological polar surface area (TPSA) is 82.9 Å². The minimum absolute atomic E-state index is 0.269. The number of carboxylic acids is 1. The second-order valence-corrected chi connectivity index (χ2v) is 4.68. The molecule has 0 fully saturated rings. The van der Waals surface area contributed by atoms with Gasteiger partial charge in [-0.2, -0.15) is 4.79 Å². The highest BCUT2D eigenvalue weighted by Gasteiger charge is 2.27. The average molecular weight is 296 g/mol. The fourth-order valence-electron chi connectivity index (χ4n) is 2.16. The van der Waals surface area contributed by atoms with E-state index in [9.17, 15) is 4.79 Å². The highest BCUT2D eigenvalue weighted by molar-refractivity contribution is 6.40. The number of para-hydroxylation sites is 1. The van der Waals surface area contributed by atoms with Crippen molar-refractivity contribution < 1.29 is 19.4 Å². The van der Waals surface area contributed by atoms with Crippen molar-refractivity contribution in [1.82, 2.24) is 0 Å². The van der Waals surface area contributed by atoms with E-state index in [1.807, 2.05) is 43.3 Å². The van der Waals surface area contributed by atoms with Gasteiger partial charge in [0, 0.05) is 0 Å². The van der Waals surface area contributed by atoms with Crippen LogP contribution < -0.4 is 4.74 Å². The van der Waals surface area contributed by atoms with Crippen LogP contribution >= 0.6 is 0 Å². The lowest BCUT2D eigenvalue weighted by molar-refractivity contribution is -0.133. The van der Waals surface area contributed by atoms with E-state index in [1.54, 1.807) is 12.1 Å². The van der Waals surface area contributed by atoms with Crippen molar-refractivity contribution in [1.29, 1.82) is 0 Å². The van der Waals surface area contributed by atoms with Crippen molar-refractivity contribution in [3.8, 4) is 5.75 Å². The third-order valence-corrected chi connectivity index (χ3v) is 3.26. The van der Waals surface area contributed by atoms with Crippen molar-refractivity contribution in [3.05, 3.63) is 70.8 Å². The number of rotatable bonds is 6. The van der Waals surface area contributed by atoms with Crippen LogP contribution in [0.25, 0.3) is 5.53 Å². The molecule has 0 aliphatic rings. The molecule has 2 aromatic carbocycles. The molecular weight excluding hydrogens is 280 g/mol. The molecule has 0 radical (unpaired) electrons. The molecule has 0 spiro atoms. The number of benzene rings is 2. The summed E-state index contributed by atoms with van der Waals surface area (Å²) < 4.78 is 5.82. The number of carbonyl (C=O) groups is 1. The molecule has 0 unspecified atom stereocenters. The van der Waals surface area contributed by atoms with Crippen LogP contribution in [0, 0.1) is 0 Å². The molecule has 0 bridgehead atoms. The predicted molar refractivity (Wildman–Crippen MR) is 82.0 cm³/mol. The molecule has 2 rings (SSSR count). The number of nitrogens with zero attached hydrogens (tertiary/aromatic N) is 2. The summed E-state index contributed by atoms with van der Waals surface area (Å²) in [5.74, 6) is -0.871. The van der Waals surface area contributed by atoms with Gasteiger partial charge in [0.2, 0.25) is 0 Å². The second kappa shape index (κ2) is 7.20. The van der Waals surface area contributed by atoms with Crippen molar-refractivity contribution in [2.75, 3.05) is 0 Å². The highest BCUT2D eigenvalue weighted by atomic mass is 16.5. The zero-order valence-corrected chi connectivity index (χ0v) is 12.2. The molecule has 2 aromatic rings. The Morgan fingerprint density at radius 1 is 1.18 bits per heavy atom. The highest BCUT2D eigenvalue weighted by Crippen LogP contribution is 2.26. The molecule has 22 heavy (non-hydrogen) atoms. The molecule has 5 heteroatoms. The fourth-order valence-corrected chi connectivity index (χ4v) is 2.16. The second-order valence-electron chi connectivity index (χ2n) is 4.68. The van der Waals surface area contributed by atoms with E-state index >= 15 is 0 Å². The number of aliphatic carboxylic acids is 1. The Kier molecular flexibility index (Phi) is 5.07. The van der Waals surface area contributed by atoms with Gasteiger partial charge < -0.3 is 15.4 Å². The average Bonchev–Trinajstić information content (AvgIpc) is 2.54. The lowest BCUT2D eigenvalue weighted by atomic mass is 10.0. The summed E-state index contributed by atoms with van der Waals surface area (Å²) >= 11 is 0. The number of hydrogen-bond acceptors (Lipinski definition) is 2. The zero-order chi connectivity index (χ0) is 15.9. The Morgan fingerprint density at radius 3 is 2.50 bits per heavy atom. The van der Waals surface area contributed by atoms with E-state index in [0.717, 1.165) is 11.1 Å². The van der Waals surface area contributed by atoms with Gasteiger partial charge in [-0.1, -0.05) is 49.4 Å². The maximum Gasteiger partial charge on any atom is 0.420 e. The normalized spacial score (nSPS) is 9.86. The SMILES string of the molecule is CCc1cccc(C(=[N+]=[N-])C(=O)O)c1OCc1ccccc1. The number of aryl methyl sites for hydroxylation is 1. The van der Waals surface area contributed by atoms with Crippen LogP contribution in [0.15, 0.2) is 48.5 Å². The van der Waals surface area contributed by atoms with E-state index in [-0.39, 0.29) is 5.56 Å². The van der Waals surface area contributed by atoms with Gasteiger partial charge in [0.1, 0.15) is 17.9 Å². The molecule has 1 N–H and O–H groups in total. The van der Waals surface area contributed by atoms with Crippen molar-refractivity contribution >= 4 is 11.7 Å². The Hall–Kier alpha value is -2.91. The fraction of sp³-hybridized carbons (Fsp3) is 0.176. The van der Waals surface area contributed by atoms with Gasteiger partial charge >= 0.3 is 11.7 Å². The smallest absolute Gasteiger partial charge is 0.420 e. The minimum atomic E-state index is -1.31. The molecule has 112 valence electrons. The first-order valence-electron chi connectivity index (χ1n) is 6.91. The molecule has 0 aliphatic carbocycles. The van der Waals surface area contributed by atoms with E-state index < -0.39 is 11.7 Å². The van der Waals surface area contributed by atoms with Gasteiger partial charge in [0.25, 0.3) is 0 Å². The summed E-state index contributed by atoms with van der Waals surface area (Å²) in [6, 6.07) is 14.7. The summed E-state index contributed by atoms with van der Waals surface area (Å²) in [5, 5.41) is 9.15. The largest absolute Gasteiger partial charge is 0.488 e. The Balaban J connectivity index is 2.39. The minimum Gasteiger partial charge on any atom is -0.488 e. The van der Waals surface area contributed by atoms with E-state index in [2.05, 4.69) is 4.79 Å². The quantitative estimate of drug-likeness (QED) is 0.505. The van der Waals surface area contributed by atoms with E-state index in [1.165, 1.54) is 0 Å². The summed E-state index contributed by atoms with van der Waals surface area (Å²) in [5.41, 5.74) is 10.6. The standard InChI is InChI=1S/C17H16N2O3/c1-2-13-9-6-10-14(15(19-18)17(20)21)16(13)22-11-12-7-4-3-5-8-12/h3-10H,2,11H2,1H3,(H,20,21). The van der Waals surface area contributed by atoms with Gasteiger partial charge in [0.15, 0.2) is 0 Å². The van der Waals surface area contributed by atoms with Crippen LogP contribution in [0.3, 0.4) is 0 Å². The monoisotopic (exact) mass is 296 g/mol. The lowest BCUT2D eigenvalue weighted by Crippen LogP contribution is -2.17. The van der Waals surface area contributed by atoms with Crippen molar-refractivity contribution in [2.24, 2.45) is 0 Å². The van der Waals surface area contributed by atoms with E-state index in [4.69, 9.17) is 15.4 Å². The Labute approximate surface area is 128 Å². The molecule has 0 heterocycles. The third-order valence-electron chi connectivity index (χ3n) is 3.26. The first-order valence-corrected chi connectivity index (χ1v) is 6.91. The van der Waals surface area contributed by atoms with Gasteiger partial charge in [-0.25, -0.2) is 4.79 Å². The first kappa shape index (κ1) is 15.5. The number of hydrogen-bond donors (Lipinski definition) is 1. The van der Waals surface area contributed by atoms with Crippen molar-refractivity contribution in [3.63, 3.8) is 0 Å². The maximum atomic E-state index is 11.2. The van der Waals surface area contributed by atoms with Crippen LogP contribution in [0.1, 0.15) is 23.6 Å². The van der Waals surface area contributed by atoms with Crippen LogP contribution in [0.4, 0.5) is 0 Å². The van der Waals surface area contributed by atoms with Gasteiger partial charge in [-0.15, -0.1) is 0 Å². The third kappa shape index (κ3) is 3.40.